The molecule has 0 aliphatic rings. The predicted molar refractivity (Wildman–Crippen MR) is 96.8 cm³/mol. The quantitative estimate of drug-likeness (QED) is 0.368. The summed E-state index contributed by atoms with van der Waals surface area (Å²) in [4.78, 5) is 26.6. The van der Waals surface area contributed by atoms with Crippen LogP contribution in [0.2, 0.25) is 0 Å². The van der Waals surface area contributed by atoms with Crippen LogP contribution >= 0.6 is 15.9 Å². The van der Waals surface area contributed by atoms with Crippen molar-refractivity contribution in [3.63, 3.8) is 0 Å². The van der Waals surface area contributed by atoms with E-state index in [1.54, 1.807) is 30.5 Å². The van der Waals surface area contributed by atoms with Crippen LogP contribution in [0.5, 0.6) is 0 Å². The van der Waals surface area contributed by atoms with Gasteiger partial charge in [-0.3, -0.25) is 9.59 Å². The van der Waals surface area contributed by atoms with Crippen molar-refractivity contribution in [3.8, 4) is 0 Å². The van der Waals surface area contributed by atoms with Gasteiger partial charge in [-0.25, -0.2) is 5.43 Å². The van der Waals surface area contributed by atoms with Gasteiger partial charge in [-0.2, -0.15) is 5.10 Å². The fourth-order valence-corrected chi connectivity index (χ4v) is 2.40. The molecule has 0 bridgehead atoms. The highest BCUT2D eigenvalue weighted by Gasteiger charge is 2.12. The van der Waals surface area contributed by atoms with Gasteiger partial charge in [0.25, 0.3) is 0 Å². The van der Waals surface area contributed by atoms with Crippen molar-refractivity contribution >= 4 is 50.5 Å². The van der Waals surface area contributed by atoms with Gasteiger partial charge in [0.05, 0.1) is 6.21 Å². The van der Waals surface area contributed by atoms with Gasteiger partial charge in [0, 0.05) is 32.8 Å². The molecule has 3 N–H and O–H groups in total. The zero-order chi connectivity index (χ0) is 16.9. The van der Waals surface area contributed by atoms with Crippen LogP contribution in [0.4, 0.5) is 5.69 Å². The molecule has 24 heavy (non-hydrogen) atoms. The highest BCUT2D eigenvalue weighted by Crippen LogP contribution is 2.15. The van der Waals surface area contributed by atoms with E-state index in [9.17, 15) is 9.59 Å². The van der Waals surface area contributed by atoms with Gasteiger partial charge in [0.1, 0.15) is 0 Å². The van der Waals surface area contributed by atoms with Crippen molar-refractivity contribution in [2.24, 2.45) is 5.10 Å². The van der Waals surface area contributed by atoms with Gasteiger partial charge in [-0.05, 0) is 30.3 Å². The number of anilines is 1. The molecule has 0 aliphatic heterocycles. The maximum absolute atomic E-state index is 11.8. The Kier molecular flexibility index (Phi) is 4.72. The molecular formula is C17H13BrN4O2. The summed E-state index contributed by atoms with van der Waals surface area (Å²) in [7, 11) is 0. The second-order valence-corrected chi connectivity index (χ2v) is 5.87. The first-order valence-electron chi connectivity index (χ1n) is 7.09. The summed E-state index contributed by atoms with van der Waals surface area (Å²) in [6.45, 7) is 0. The first-order valence-corrected chi connectivity index (χ1v) is 7.89. The third kappa shape index (κ3) is 3.69. The van der Waals surface area contributed by atoms with E-state index in [4.69, 9.17) is 0 Å². The Morgan fingerprint density at radius 3 is 2.58 bits per heavy atom. The topological polar surface area (TPSA) is 86.3 Å². The van der Waals surface area contributed by atoms with E-state index in [1.165, 1.54) is 6.21 Å². The van der Waals surface area contributed by atoms with Gasteiger partial charge in [-0.1, -0.05) is 34.1 Å². The van der Waals surface area contributed by atoms with Crippen molar-refractivity contribution in [2.45, 2.75) is 0 Å². The van der Waals surface area contributed by atoms with Gasteiger partial charge < -0.3 is 10.3 Å². The van der Waals surface area contributed by atoms with Gasteiger partial charge in [-0.15, -0.1) is 0 Å². The number of hydrazone groups is 1. The monoisotopic (exact) mass is 384 g/mol. The summed E-state index contributed by atoms with van der Waals surface area (Å²) in [5.74, 6) is -1.62. The Morgan fingerprint density at radius 1 is 1.04 bits per heavy atom. The maximum Gasteiger partial charge on any atom is 0.329 e. The number of para-hydroxylation sites is 1. The highest BCUT2D eigenvalue weighted by molar-refractivity contribution is 9.10. The van der Waals surface area contributed by atoms with E-state index < -0.39 is 11.8 Å². The molecule has 0 atom stereocenters. The Hall–Kier alpha value is -2.93. The van der Waals surface area contributed by atoms with E-state index in [0.29, 0.717) is 5.69 Å². The lowest BCUT2D eigenvalue weighted by Gasteiger charge is -2.03. The molecule has 120 valence electrons. The summed E-state index contributed by atoms with van der Waals surface area (Å²) in [5, 5.41) is 7.30. The Bertz CT molecular complexity index is 916. The summed E-state index contributed by atoms with van der Waals surface area (Å²) in [5.41, 5.74) is 4.53. The number of nitrogens with zero attached hydrogens (tertiary/aromatic N) is 1. The van der Waals surface area contributed by atoms with Gasteiger partial charge in [0.15, 0.2) is 0 Å². The third-order valence-electron chi connectivity index (χ3n) is 3.30. The number of benzene rings is 2. The summed E-state index contributed by atoms with van der Waals surface area (Å²) in [6, 6.07) is 14.6. The molecule has 1 aromatic heterocycles. The van der Waals surface area contributed by atoms with Crippen LogP contribution in [-0.4, -0.2) is 23.0 Å². The van der Waals surface area contributed by atoms with Crippen LogP contribution in [0.25, 0.3) is 10.9 Å². The lowest BCUT2D eigenvalue weighted by molar-refractivity contribution is -0.136. The minimum Gasteiger partial charge on any atom is -0.361 e. The average molecular weight is 385 g/mol. The number of aromatic amines is 1. The van der Waals surface area contributed by atoms with E-state index in [1.807, 2.05) is 24.3 Å². The number of fused-ring (bicyclic) bond motifs is 1. The van der Waals surface area contributed by atoms with E-state index in [2.05, 4.69) is 36.8 Å². The number of H-pyrrole nitrogens is 1. The van der Waals surface area contributed by atoms with Crippen molar-refractivity contribution in [1.82, 2.24) is 10.4 Å². The van der Waals surface area contributed by atoms with E-state index in [0.717, 1.165) is 20.9 Å². The lowest BCUT2D eigenvalue weighted by Crippen LogP contribution is -2.32. The van der Waals surface area contributed by atoms with Crippen LogP contribution in [0.1, 0.15) is 5.56 Å². The number of carbonyl (C=O) groups excluding carboxylic acids is 2. The number of nitrogens with one attached hydrogen (secondary N) is 3. The molecule has 0 saturated heterocycles. The third-order valence-corrected chi connectivity index (χ3v) is 3.83. The molecule has 2 aromatic carbocycles. The van der Waals surface area contributed by atoms with Crippen LogP contribution in [0.15, 0.2) is 64.3 Å². The Balaban J connectivity index is 1.60. The lowest BCUT2D eigenvalue weighted by atomic mass is 10.2. The summed E-state index contributed by atoms with van der Waals surface area (Å²) < 4.78 is 0.883. The molecule has 0 fully saturated rings. The smallest absolute Gasteiger partial charge is 0.329 e. The normalized spacial score (nSPS) is 10.9. The maximum atomic E-state index is 11.8. The van der Waals surface area contributed by atoms with Crippen molar-refractivity contribution in [2.75, 3.05) is 5.32 Å². The second-order valence-electron chi connectivity index (χ2n) is 4.95. The first-order chi connectivity index (χ1) is 11.6. The average Bonchev–Trinajstić information content (AvgIpc) is 3.00. The number of carbonyl (C=O) groups is 2. The molecule has 0 radical (unpaired) electrons. The van der Waals surface area contributed by atoms with Crippen LogP contribution < -0.4 is 10.7 Å². The Morgan fingerprint density at radius 2 is 1.79 bits per heavy atom. The molecule has 1 heterocycles. The molecule has 2 amide bonds. The van der Waals surface area contributed by atoms with Gasteiger partial charge >= 0.3 is 11.8 Å². The molecule has 3 aromatic rings. The molecule has 3 rings (SSSR count). The molecule has 0 spiro atoms. The van der Waals surface area contributed by atoms with Crippen LogP contribution in [0.3, 0.4) is 0 Å². The fourth-order valence-electron chi connectivity index (χ4n) is 2.13. The minimum atomic E-state index is -0.839. The predicted octanol–water partition coefficient (Wildman–Crippen LogP) is 3.02. The molecule has 0 saturated carbocycles. The standard InChI is InChI=1S/C17H13BrN4O2/c18-12-5-7-13(8-6-12)21-16(23)17(24)22-20-10-11-9-19-15-4-2-1-3-14(11)15/h1-10,19H,(H,21,23)(H,22,24). The van der Waals surface area contributed by atoms with Crippen molar-refractivity contribution in [1.29, 1.82) is 0 Å². The fraction of sp³-hybridized carbons (Fsp3) is 0. The molecular weight excluding hydrogens is 372 g/mol. The van der Waals surface area contributed by atoms with Crippen LogP contribution in [-0.2, 0) is 9.59 Å². The number of amides is 2. The SMILES string of the molecule is O=C(NN=Cc1c[nH]c2ccccc12)C(=O)Nc1ccc(Br)cc1. The second kappa shape index (κ2) is 7.10. The minimum absolute atomic E-state index is 0.527. The highest BCUT2D eigenvalue weighted by atomic mass is 79.9. The molecule has 0 aliphatic carbocycles. The molecule has 0 unspecified atom stereocenters. The number of hydrogen-bond acceptors (Lipinski definition) is 3. The van der Waals surface area contributed by atoms with E-state index in [-0.39, 0.29) is 0 Å². The largest absolute Gasteiger partial charge is 0.361 e. The number of halogens is 1. The van der Waals surface area contributed by atoms with Crippen molar-refractivity contribution < 1.29 is 9.59 Å². The van der Waals surface area contributed by atoms with Crippen LogP contribution in [0, 0.1) is 0 Å². The first kappa shape index (κ1) is 15.9. The number of hydrogen-bond donors (Lipinski definition) is 3. The van der Waals surface area contributed by atoms with E-state index >= 15 is 0 Å². The Labute approximate surface area is 146 Å². The summed E-state index contributed by atoms with van der Waals surface area (Å²) in [6.07, 6.45) is 3.27. The van der Waals surface area contributed by atoms with Crippen molar-refractivity contribution in [3.05, 3.63) is 64.8 Å². The number of aromatic nitrogens is 1. The number of rotatable bonds is 3. The zero-order valence-electron chi connectivity index (χ0n) is 12.4. The molecule has 6 nitrogen and oxygen atoms in total. The summed E-state index contributed by atoms with van der Waals surface area (Å²) >= 11 is 3.30. The zero-order valence-corrected chi connectivity index (χ0v) is 14.0. The molecule has 7 heteroatoms. The van der Waals surface area contributed by atoms with Gasteiger partial charge in [0.2, 0.25) is 0 Å².